The zero-order valence-corrected chi connectivity index (χ0v) is 7.38. The number of halogens is 1. The van der Waals surface area contributed by atoms with E-state index in [9.17, 15) is 9.50 Å². The van der Waals surface area contributed by atoms with E-state index < -0.39 is 5.82 Å². The summed E-state index contributed by atoms with van der Waals surface area (Å²) < 4.78 is 17.9. The number of phenolic OH excluding ortho intramolecular Hbond substituents is 1. The minimum Gasteiger partial charge on any atom is -0.504 e. The number of hydrogen-bond acceptors (Lipinski definition) is 2. The van der Waals surface area contributed by atoms with Gasteiger partial charge in [-0.25, -0.2) is 4.39 Å². The van der Waals surface area contributed by atoms with Gasteiger partial charge in [-0.3, -0.25) is 0 Å². The van der Waals surface area contributed by atoms with Crippen molar-refractivity contribution < 1.29 is 14.2 Å². The molecule has 1 aromatic rings. The molecule has 0 amide bonds. The van der Waals surface area contributed by atoms with E-state index in [1.807, 2.05) is 0 Å². The maximum Gasteiger partial charge on any atom is 0.160 e. The largest absolute Gasteiger partial charge is 0.504 e. The molecule has 0 aliphatic heterocycles. The van der Waals surface area contributed by atoms with Crippen LogP contribution in [0.2, 0.25) is 0 Å². The molecule has 0 aliphatic carbocycles. The number of rotatable bonds is 3. The molecule has 0 radical (unpaired) electrons. The molecule has 70 valence electrons. The Morgan fingerprint density at radius 1 is 1.62 bits per heavy atom. The number of hydrogen-bond donors (Lipinski definition) is 1. The molecular weight excluding hydrogens is 171 g/mol. The third kappa shape index (κ3) is 1.99. The number of ether oxygens (including phenoxy) is 1. The molecule has 3 heteroatoms. The Labute approximate surface area is 76.3 Å². The van der Waals surface area contributed by atoms with Gasteiger partial charge in [0.15, 0.2) is 11.5 Å². The van der Waals surface area contributed by atoms with Gasteiger partial charge in [-0.2, -0.15) is 0 Å². The molecule has 0 bridgehead atoms. The Morgan fingerprint density at radius 2 is 2.31 bits per heavy atom. The molecule has 0 heterocycles. The summed E-state index contributed by atoms with van der Waals surface area (Å²) in [5, 5.41) is 9.19. The Kier molecular flexibility index (Phi) is 2.90. The minimum atomic E-state index is -0.446. The summed E-state index contributed by atoms with van der Waals surface area (Å²) in [4.78, 5) is 0. The summed E-state index contributed by atoms with van der Waals surface area (Å²) in [5.41, 5.74) is 0.463. The van der Waals surface area contributed by atoms with E-state index in [2.05, 4.69) is 6.58 Å². The van der Waals surface area contributed by atoms with Crippen LogP contribution in [0.5, 0.6) is 11.5 Å². The first kappa shape index (κ1) is 9.58. The van der Waals surface area contributed by atoms with E-state index in [0.717, 1.165) is 6.07 Å². The smallest absolute Gasteiger partial charge is 0.160 e. The van der Waals surface area contributed by atoms with E-state index in [0.29, 0.717) is 12.0 Å². The predicted molar refractivity (Wildman–Crippen MR) is 48.5 cm³/mol. The molecule has 0 saturated carbocycles. The molecule has 0 aromatic heterocycles. The van der Waals surface area contributed by atoms with Crippen LogP contribution in [-0.4, -0.2) is 12.2 Å². The van der Waals surface area contributed by atoms with Crippen molar-refractivity contribution in [3.05, 3.63) is 36.2 Å². The number of allylic oxidation sites excluding steroid dienone is 1. The number of phenols is 1. The molecule has 0 spiro atoms. The summed E-state index contributed by atoms with van der Waals surface area (Å²) in [6.45, 7) is 3.51. The first-order chi connectivity index (χ1) is 6.19. The third-order valence-electron chi connectivity index (χ3n) is 1.71. The minimum absolute atomic E-state index is 0.187. The molecule has 0 unspecified atom stereocenters. The van der Waals surface area contributed by atoms with Gasteiger partial charge in [-0.05, 0) is 18.1 Å². The van der Waals surface area contributed by atoms with Crippen molar-refractivity contribution in [2.75, 3.05) is 7.11 Å². The highest BCUT2D eigenvalue weighted by Gasteiger charge is 2.07. The van der Waals surface area contributed by atoms with Crippen molar-refractivity contribution in [3.63, 3.8) is 0 Å². The fourth-order valence-corrected chi connectivity index (χ4v) is 1.06. The summed E-state index contributed by atoms with van der Waals surface area (Å²) >= 11 is 0. The molecule has 13 heavy (non-hydrogen) atoms. The predicted octanol–water partition coefficient (Wildman–Crippen LogP) is 2.27. The molecule has 0 saturated heterocycles. The van der Waals surface area contributed by atoms with Gasteiger partial charge < -0.3 is 9.84 Å². The van der Waals surface area contributed by atoms with Crippen molar-refractivity contribution in [3.8, 4) is 11.5 Å². The Bertz CT molecular complexity index is 321. The van der Waals surface area contributed by atoms with Gasteiger partial charge in [-0.1, -0.05) is 6.08 Å². The van der Waals surface area contributed by atoms with Crippen LogP contribution >= 0.6 is 0 Å². The summed E-state index contributed by atoms with van der Waals surface area (Å²) in [6.07, 6.45) is 2.01. The normalized spacial score (nSPS) is 9.69. The number of benzene rings is 1. The summed E-state index contributed by atoms with van der Waals surface area (Å²) in [7, 11) is 1.42. The Morgan fingerprint density at radius 3 is 2.85 bits per heavy atom. The standard InChI is InChI=1S/C10H11FO2/c1-3-4-7-5-10(13-2)9(12)6-8(7)11/h3,5-6,12H,1,4H2,2H3. The second-order valence-electron chi connectivity index (χ2n) is 2.61. The van der Waals surface area contributed by atoms with Crippen molar-refractivity contribution >= 4 is 0 Å². The van der Waals surface area contributed by atoms with Crippen LogP contribution in [0.25, 0.3) is 0 Å². The fraction of sp³-hybridized carbons (Fsp3) is 0.200. The van der Waals surface area contributed by atoms with Gasteiger partial charge >= 0.3 is 0 Å². The zero-order chi connectivity index (χ0) is 9.84. The fourth-order valence-electron chi connectivity index (χ4n) is 1.06. The van der Waals surface area contributed by atoms with E-state index in [4.69, 9.17) is 4.74 Å². The highest BCUT2D eigenvalue weighted by Crippen LogP contribution is 2.28. The van der Waals surface area contributed by atoms with Crippen LogP contribution < -0.4 is 4.74 Å². The Hall–Kier alpha value is -1.51. The second-order valence-corrected chi connectivity index (χ2v) is 2.61. The quantitative estimate of drug-likeness (QED) is 0.726. The lowest BCUT2D eigenvalue weighted by Gasteiger charge is -2.06. The van der Waals surface area contributed by atoms with Gasteiger partial charge in [0.2, 0.25) is 0 Å². The van der Waals surface area contributed by atoms with Crippen molar-refractivity contribution in [2.45, 2.75) is 6.42 Å². The van der Waals surface area contributed by atoms with Crippen LogP contribution in [0.3, 0.4) is 0 Å². The van der Waals surface area contributed by atoms with Crippen LogP contribution in [0.4, 0.5) is 4.39 Å². The molecule has 1 aromatic carbocycles. The average Bonchev–Trinajstić information content (AvgIpc) is 2.10. The zero-order valence-electron chi connectivity index (χ0n) is 7.38. The van der Waals surface area contributed by atoms with Gasteiger partial charge in [0.05, 0.1) is 7.11 Å². The van der Waals surface area contributed by atoms with Gasteiger partial charge in [0.25, 0.3) is 0 Å². The molecule has 1 N–H and O–H groups in total. The van der Waals surface area contributed by atoms with Gasteiger partial charge in [-0.15, -0.1) is 6.58 Å². The number of methoxy groups -OCH3 is 1. The van der Waals surface area contributed by atoms with Crippen LogP contribution in [0, 0.1) is 5.82 Å². The van der Waals surface area contributed by atoms with E-state index in [-0.39, 0.29) is 11.5 Å². The van der Waals surface area contributed by atoms with Crippen LogP contribution in [-0.2, 0) is 6.42 Å². The maximum atomic E-state index is 13.1. The Balaban J connectivity index is 3.13. The monoisotopic (exact) mass is 182 g/mol. The molecule has 0 atom stereocenters. The first-order valence-corrected chi connectivity index (χ1v) is 3.85. The molecular formula is C10H11FO2. The summed E-state index contributed by atoms with van der Waals surface area (Å²) in [6, 6.07) is 2.50. The third-order valence-corrected chi connectivity index (χ3v) is 1.71. The molecule has 1 rings (SSSR count). The van der Waals surface area contributed by atoms with Crippen molar-refractivity contribution in [1.82, 2.24) is 0 Å². The van der Waals surface area contributed by atoms with E-state index >= 15 is 0 Å². The molecule has 2 nitrogen and oxygen atoms in total. The van der Waals surface area contributed by atoms with Gasteiger partial charge in [0, 0.05) is 6.07 Å². The highest BCUT2D eigenvalue weighted by molar-refractivity contribution is 5.43. The second kappa shape index (κ2) is 3.94. The topological polar surface area (TPSA) is 29.5 Å². The van der Waals surface area contributed by atoms with Crippen LogP contribution in [0.1, 0.15) is 5.56 Å². The molecule has 0 aliphatic rings. The van der Waals surface area contributed by atoms with E-state index in [1.54, 1.807) is 6.08 Å². The average molecular weight is 182 g/mol. The van der Waals surface area contributed by atoms with Crippen molar-refractivity contribution in [1.29, 1.82) is 0 Å². The SMILES string of the molecule is C=CCc1cc(OC)c(O)cc1F. The van der Waals surface area contributed by atoms with Gasteiger partial charge in [0.1, 0.15) is 5.82 Å². The maximum absolute atomic E-state index is 13.1. The number of aromatic hydroxyl groups is 1. The lowest BCUT2D eigenvalue weighted by atomic mass is 10.1. The molecule has 0 fully saturated rings. The first-order valence-electron chi connectivity index (χ1n) is 3.85. The lowest BCUT2D eigenvalue weighted by Crippen LogP contribution is -1.91. The van der Waals surface area contributed by atoms with Crippen LogP contribution in [0.15, 0.2) is 24.8 Å². The van der Waals surface area contributed by atoms with E-state index in [1.165, 1.54) is 13.2 Å². The van der Waals surface area contributed by atoms with Crippen molar-refractivity contribution in [2.24, 2.45) is 0 Å². The summed E-state index contributed by atoms with van der Waals surface area (Å²) in [5.74, 6) is -0.357. The lowest BCUT2D eigenvalue weighted by molar-refractivity contribution is 0.370. The highest BCUT2D eigenvalue weighted by atomic mass is 19.1.